The van der Waals surface area contributed by atoms with E-state index in [1.54, 1.807) is 47.5 Å². The minimum Gasteiger partial charge on any atom is -0.352 e. The van der Waals surface area contributed by atoms with Crippen LogP contribution in [0.4, 0.5) is 17.1 Å². The number of nitrogens with one attached hydrogen (secondary N) is 3. The zero-order valence-electron chi connectivity index (χ0n) is 66.0. The zero-order valence-corrected chi connectivity index (χ0v) is 66.0. The van der Waals surface area contributed by atoms with Crippen molar-refractivity contribution in [2.45, 2.75) is 188 Å². The number of allylic oxidation sites excluding steroid dienone is 16. The summed E-state index contributed by atoms with van der Waals surface area (Å²) in [5.74, 6) is 3.63. The lowest BCUT2D eigenvalue weighted by atomic mass is 9.82. The lowest BCUT2D eigenvalue weighted by Gasteiger charge is -2.24. The van der Waals surface area contributed by atoms with Gasteiger partial charge in [-0.3, -0.25) is 28.8 Å². The molecule has 5 atom stereocenters. The lowest BCUT2D eigenvalue weighted by Crippen LogP contribution is -2.21. The summed E-state index contributed by atoms with van der Waals surface area (Å²) in [6, 6.07) is 47.6. The molecule has 5 unspecified atom stereocenters. The molecule has 0 saturated heterocycles. The van der Waals surface area contributed by atoms with Gasteiger partial charge in [-0.25, -0.2) is 0 Å². The van der Waals surface area contributed by atoms with Crippen molar-refractivity contribution in [2.75, 3.05) is 16.0 Å². The van der Waals surface area contributed by atoms with Gasteiger partial charge in [-0.2, -0.15) is 0 Å². The second-order valence-electron chi connectivity index (χ2n) is 29.8. The normalized spacial score (nSPS) is 18.4. The third-order valence-electron chi connectivity index (χ3n) is 19.8. The fourth-order valence-electron chi connectivity index (χ4n) is 13.9. The van der Waals surface area contributed by atoms with E-state index >= 15 is 0 Å². The Morgan fingerprint density at radius 2 is 0.887 bits per heavy atom. The molecule has 6 aliphatic carbocycles. The molecule has 13 rings (SSSR count). The summed E-state index contributed by atoms with van der Waals surface area (Å²) in [6.07, 6.45) is 36.1. The van der Waals surface area contributed by atoms with Crippen LogP contribution in [0.5, 0.6) is 0 Å². The van der Waals surface area contributed by atoms with Crippen molar-refractivity contribution in [3.63, 3.8) is 0 Å². The first-order valence-electron chi connectivity index (χ1n) is 38.3. The van der Waals surface area contributed by atoms with Gasteiger partial charge in [-0.05, 0) is 253 Å². The highest BCUT2D eigenvalue weighted by Gasteiger charge is 2.29. The van der Waals surface area contributed by atoms with Crippen molar-refractivity contribution in [3.8, 4) is 0 Å². The minimum atomic E-state index is -0.148. The highest BCUT2D eigenvalue weighted by molar-refractivity contribution is 6.27. The van der Waals surface area contributed by atoms with Gasteiger partial charge in [0.1, 0.15) is 0 Å². The summed E-state index contributed by atoms with van der Waals surface area (Å²) in [6.45, 7) is 34.1. The molecule has 0 radical (unpaired) electrons. The van der Waals surface area contributed by atoms with E-state index in [1.807, 2.05) is 133 Å². The van der Waals surface area contributed by atoms with Crippen LogP contribution in [0.1, 0.15) is 240 Å². The smallest absolute Gasteiger partial charge is 0.210 e. The van der Waals surface area contributed by atoms with Gasteiger partial charge >= 0.3 is 0 Å². The Bertz CT molecular complexity index is 4500. The molecule has 7 aromatic carbocycles. The van der Waals surface area contributed by atoms with Gasteiger partial charge in [-0.15, -0.1) is 0 Å². The summed E-state index contributed by atoms with van der Waals surface area (Å²) in [5.41, 5.74) is 19.9. The summed E-state index contributed by atoms with van der Waals surface area (Å²) >= 11 is 0. The van der Waals surface area contributed by atoms with Crippen molar-refractivity contribution in [2.24, 2.45) is 29.6 Å². The molecule has 3 N–H and O–H groups in total. The predicted octanol–water partition coefficient (Wildman–Crippen LogP) is 25.0. The predicted molar refractivity (Wildman–Crippen MR) is 445 cm³/mol. The van der Waals surface area contributed by atoms with Crippen molar-refractivity contribution in [1.29, 1.82) is 0 Å². The number of hydrogen-bond donors (Lipinski definition) is 3. The van der Waals surface area contributed by atoms with Crippen LogP contribution in [0, 0.1) is 78.1 Å². The molecule has 9 nitrogen and oxygen atoms in total. The highest BCUT2D eigenvalue weighted by Crippen LogP contribution is 2.33. The molecule has 0 heterocycles. The van der Waals surface area contributed by atoms with E-state index < -0.39 is 0 Å². The molecule has 106 heavy (non-hydrogen) atoms. The Morgan fingerprint density at radius 3 is 1.36 bits per heavy atom. The molecule has 0 spiro atoms. The van der Waals surface area contributed by atoms with E-state index in [2.05, 4.69) is 152 Å². The second-order valence-corrected chi connectivity index (χ2v) is 29.8. The van der Waals surface area contributed by atoms with Crippen molar-refractivity contribution in [3.05, 3.63) is 324 Å². The van der Waals surface area contributed by atoms with Gasteiger partial charge in [0.25, 0.3) is 0 Å². The van der Waals surface area contributed by atoms with Crippen molar-refractivity contribution >= 4 is 51.8 Å². The van der Waals surface area contributed by atoms with Crippen LogP contribution in [0.2, 0.25) is 0 Å². The number of Topliss-reactive ketones (excluding diaryl/α,β-unsaturated/α-hetero) is 3. The molecule has 0 aromatic heterocycles. The van der Waals surface area contributed by atoms with Crippen LogP contribution in [0.25, 0.3) is 0 Å². The molecule has 0 saturated carbocycles. The van der Waals surface area contributed by atoms with Crippen LogP contribution in [0.15, 0.2) is 246 Å². The number of benzene rings is 7. The van der Waals surface area contributed by atoms with Crippen molar-refractivity contribution in [1.82, 2.24) is 0 Å². The molecule has 0 amide bonds. The third-order valence-corrected chi connectivity index (χ3v) is 19.8. The number of hydrogen-bond acceptors (Lipinski definition) is 9. The number of carbonyl (C=O) groups excluding carboxylic acids is 6. The lowest BCUT2D eigenvalue weighted by molar-refractivity contribution is 0.0985. The quantitative estimate of drug-likeness (QED) is 0.0963. The maximum Gasteiger partial charge on any atom is 0.210 e. The van der Waals surface area contributed by atoms with E-state index in [4.69, 9.17) is 0 Å². The molecule has 0 bridgehead atoms. The van der Waals surface area contributed by atoms with E-state index in [0.29, 0.717) is 50.5 Å². The number of ketones is 6. The standard InChI is InChI=1S/3C18H15NO2.2C11H20.C11H14.C10H16/c1-11-3-6-13(7-4-11)19-16-10-17(20)15-9-12(2)5-8-14(15)18(16)21;1-11-4-3-5-13(8-11)19-16-10-17(20)15-9-12(2)6-7-14(15)18(16)21;1-11-4-3-5-13(8-11)19-16-10-17(20)14-7-6-12(2)9-15(14)18(16)21;1-4-5-11-7-9(2)6-10(3)8-11;1-4-5-11-7-6-9(2)10(3)8-11;1-3-4-7-11-8-5-6-10(2)9-11;1-3-4-10-7-5-9(2)6-8-10/h3*3-10,19H,1-2H3;7,10-11H,4-6,8H2,1-3H3;8-9,11H,4-7H2,1-3H3;3-6,8-9H,7H2,1-2H3;3-4,7,9H,5-6,8H2,1-2H3/b;;;;;2*4-3+. The Labute approximate surface area is 634 Å². The summed E-state index contributed by atoms with van der Waals surface area (Å²) in [4.78, 5) is 74.0. The van der Waals surface area contributed by atoms with E-state index in [0.717, 1.165) is 86.5 Å². The van der Waals surface area contributed by atoms with Gasteiger partial charge in [0, 0.05) is 68.7 Å². The summed E-state index contributed by atoms with van der Waals surface area (Å²) < 4.78 is 0. The van der Waals surface area contributed by atoms with Crippen LogP contribution in [-0.4, -0.2) is 34.7 Å². The first-order chi connectivity index (χ1) is 50.7. The van der Waals surface area contributed by atoms with Crippen LogP contribution in [-0.2, 0) is 6.42 Å². The average Bonchev–Trinajstić information content (AvgIpc) is 0.798. The maximum atomic E-state index is 12.5. The number of carbonyl (C=O) groups is 6. The van der Waals surface area contributed by atoms with Crippen LogP contribution in [0.3, 0.4) is 0 Å². The Morgan fingerprint density at radius 1 is 0.425 bits per heavy atom. The van der Waals surface area contributed by atoms with Crippen molar-refractivity contribution < 1.29 is 28.8 Å². The second kappa shape index (κ2) is 41.5. The van der Waals surface area contributed by atoms with Gasteiger partial charge in [-0.1, -0.05) is 219 Å². The van der Waals surface area contributed by atoms with Gasteiger partial charge < -0.3 is 16.0 Å². The molecule has 6 aliphatic rings. The van der Waals surface area contributed by atoms with E-state index in [1.165, 1.54) is 106 Å². The SMILES string of the molecule is C/C=C/C1=CCC(C)CC1.C/C=C/Cc1cccc(C)c1.CCCC1C=C(C)C(C)CC1.CCCC1C=C(C)CC(C)C1.Cc1ccc(NC2=CC(=O)c3cc(C)ccc3C2=O)cc1.Cc1cccc(NC2=CC(=O)c3cc(C)ccc3C2=O)c1.Cc1cccc(NC2=CC(=O)c3ccc(C)cc3C2=O)c1. The van der Waals surface area contributed by atoms with Crippen LogP contribution >= 0.6 is 0 Å². The number of anilines is 3. The first-order valence-corrected chi connectivity index (χ1v) is 38.3. The zero-order chi connectivity index (χ0) is 77.0. The summed E-state index contributed by atoms with van der Waals surface area (Å²) in [5, 5.41) is 9.14. The average molecular weight is 1420 g/mol. The molecular weight excluding hydrogens is 1300 g/mol. The Kier molecular flexibility index (Phi) is 32.6. The molecule has 554 valence electrons. The number of aryl methyl sites for hydroxylation is 7. The van der Waals surface area contributed by atoms with E-state index in [9.17, 15) is 28.8 Å². The van der Waals surface area contributed by atoms with Crippen LogP contribution < -0.4 is 16.0 Å². The fourth-order valence-corrected chi connectivity index (χ4v) is 13.9. The van der Waals surface area contributed by atoms with Gasteiger partial charge in [0.15, 0.2) is 17.3 Å². The molecule has 9 heteroatoms. The topological polar surface area (TPSA) is 139 Å². The maximum absolute atomic E-state index is 12.5. The van der Waals surface area contributed by atoms with Gasteiger partial charge in [0.05, 0.1) is 17.1 Å². The largest absolute Gasteiger partial charge is 0.352 e. The number of rotatable bonds is 13. The highest BCUT2D eigenvalue weighted by atomic mass is 16.2. The fraction of sp³-hybridized carbons (Fsp3) is 0.340. The monoisotopic (exact) mass is 1420 g/mol. The summed E-state index contributed by atoms with van der Waals surface area (Å²) in [7, 11) is 0. The molecule has 0 fully saturated rings. The third kappa shape index (κ3) is 25.9. The van der Waals surface area contributed by atoms with Gasteiger partial charge in [0.2, 0.25) is 17.3 Å². The molecule has 0 aliphatic heterocycles. The molecular formula is C97H115N3O6. The molecule has 7 aromatic rings. The van der Waals surface area contributed by atoms with E-state index in [-0.39, 0.29) is 34.7 Å². The Hall–Kier alpha value is -10.1. The first kappa shape index (κ1) is 83.2. The Balaban J connectivity index is 0.000000177. The minimum absolute atomic E-state index is 0.136. The number of fused-ring (bicyclic) bond motifs is 3.